The summed E-state index contributed by atoms with van der Waals surface area (Å²) in [4.78, 5) is 4.49. The van der Waals surface area contributed by atoms with Gasteiger partial charge in [-0.05, 0) is 31.2 Å². The van der Waals surface area contributed by atoms with Gasteiger partial charge in [0.05, 0.1) is 27.9 Å². The highest BCUT2D eigenvalue weighted by Gasteiger charge is 2.12. The van der Waals surface area contributed by atoms with Gasteiger partial charge in [0.1, 0.15) is 17.4 Å². The van der Waals surface area contributed by atoms with Crippen LogP contribution in [0.2, 0.25) is 0 Å². The highest BCUT2D eigenvalue weighted by Crippen LogP contribution is 2.34. The predicted molar refractivity (Wildman–Crippen MR) is 104 cm³/mol. The molecule has 2 aromatic carbocycles. The lowest BCUT2D eigenvalue weighted by molar-refractivity contribution is 0.347. The number of hydrogen-bond donors (Lipinski definition) is 2. The second-order valence-electron chi connectivity index (χ2n) is 5.80. The summed E-state index contributed by atoms with van der Waals surface area (Å²) in [6.45, 7) is 2.90. The van der Waals surface area contributed by atoms with E-state index in [1.54, 1.807) is 33.5 Å². The molecule has 8 heteroatoms. The number of hydrogen-bond acceptors (Lipinski definition) is 4. The molecule has 0 aromatic heterocycles. The molecule has 0 amide bonds. The summed E-state index contributed by atoms with van der Waals surface area (Å²) >= 11 is 0. The van der Waals surface area contributed by atoms with Crippen LogP contribution in [0, 0.1) is 11.6 Å². The van der Waals surface area contributed by atoms with E-state index in [0.717, 1.165) is 23.8 Å². The van der Waals surface area contributed by atoms with Crippen molar-refractivity contribution >= 4 is 5.96 Å². The lowest BCUT2D eigenvalue weighted by Gasteiger charge is -2.15. The van der Waals surface area contributed by atoms with Crippen LogP contribution in [0.25, 0.3) is 0 Å². The lowest BCUT2D eigenvalue weighted by atomic mass is 10.1. The first-order valence-electron chi connectivity index (χ1n) is 8.77. The van der Waals surface area contributed by atoms with Crippen molar-refractivity contribution in [1.29, 1.82) is 0 Å². The Kier molecular flexibility index (Phi) is 7.86. The summed E-state index contributed by atoms with van der Waals surface area (Å²) < 4.78 is 43.1. The molecule has 0 aliphatic rings. The molecule has 0 bridgehead atoms. The Bertz CT molecular complexity index is 829. The van der Waals surface area contributed by atoms with Crippen molar-refractivity contribution in [3.63, 3.8) is 0 Å². The van der Waals surface area contributed by atoms with Crippen LogP contribution in [0.1, 0.15) is 18.1 Å². The molecule has 28 heavy (non-hydrogen) atoms. The molecule has 2 N–H and O–H groups in total. The van der Waals surface area contributed by atoms with Crippen molar-refractivity contribution < 1.29 is 23.0 Å². The molecule has 2 rings (SSSR count). The molecule has 6 nitrogen and oxygen atoms in total. The van der Waals surface area contributed by atoms with Gasteiger partial charge in [0.25, 0.3) is 0 Å². The SMILES string of the molecule is CCNC(=NCc1cc(OC)c(OC)cc1OC)NCc1cc(F)ccc1F. The minimum absolute atomic E-state index is 0.0957. The van der Waals surface area contributed by atoms with Crippen LogP contribution in [-0.4, -0.2) is 33.8 Å². The van der Waals surface area contributed by atoms with Gasteiger partial charge in [-0.3, -0.25) is 0 Å². The van der Waals surface area contributed by atoms with Crippen molar-refractivity contribution in [1.82, 2.24) is 10.6 Å². The first-order valence-corrected chi connectivity index (χ1v) is 8.77. The summed E-state index contributed by atoms with van der Waals surface area (Å²) in [6.07, 6.45) is 0. The smallest absolute Gasteiger partial charge is 0.191 e. The van der Waals surface area contributed by atoms with Crippen LogP contribution >= 0.6 is 0 Å². The normalized spacial score (nSPS) is 11.1. The van der Waals surface area contributed by atoms with Crippen LogP contribution in [0.3, 0.4) is 0 Å². The summed E-state index contributed by atoms with van der Waals surface area (Å²) in [5.41, 5.74) is 1.00. The number of benzene rings is 2. The molecule has 0 heterocycles. The number of halogens is 2. The molecule has 152 valence electrons. The van der Waals surface area contributed by atoms with E-state index >= 15 is 0 Å². The second-order valence-corrected chi connectivity index (χ2v) is 5.80. The van der Waals surface area contributed by atoms with Crippen LogP contribution in [0.4, 0.5) is 8.78 Å². The Morgan fingerprint density at radius 2 is 1.57 bits per heavy atom. The average molecular weight is 393 g/mol. The molecular weight excluding hydrogens is 368 g/mol. The molecule has 0 aliphatic heterocycles. The zero-order chi connectivity index (χ0) is 20.5. The fourth-order valence-corrected chi connectivity index (χ4v) is 2.58. The summed E-state index contributed by atoms with van der Waals surface area (Å²) in [7, 11) is 4.66. The van der Waals surface area contributed by atoms with Crippen molar-refractivity contribution in [3.8, 4) is 17.2 Å². The maximum Gasteiger partial charge on any atom is 0.191 e. The molecule has 0 fully saturated rings. The quantitative estimate of drug-likeness (QED) is 0.533. The summed E-state index contributed by atoms with van der Waals surface area (Å²) in [6, 6.07) is 6.86. The van der Waals surface area contributed by atoms with E-state index < -0.39 is 11.6 Å². The Morgan fingerprint density at radius 1 is 0.893 bits per heavy atom. The van der Waals surface area contributed by atoms with E-state index in [1.165, 1.54) is 0 Å². The van der Waals surface area contributed by atoms with Gasteiger partial charge in [-0.15, -0.1) is 0 Å². The Labute approximate surface area is 163 Å². The van der Waals surface area contributed by atoms with E-state index in [0.29, 0.717) is 29.8 Å². The number of nitrogens with zero attached hydrogens (tertiary/aromatic N) is 1. The zero-order valence-corrected chi connectivity index (χ0v) is 16.4. The van der Waals surface area contributed by atoms with Crippen molar-refractivity contribution in [2.24, 2.45) is 4.99 Å². The van der Waals surface area contributed by atoms with Crippen LogP contribution in [0.15, 0.2) is 35.3 Å². The van der Waals surface area contributed by atoms with E-state index in [1.807, 2.05) is 6.92 Å². The number of methoxy groups -OCH3 is 3. The molecule has 0 aliphatic carbocycles. The monoisotopic (exact) mass is 393 g/mol. The van der Waals surface area contributed by atoms with Crippen molar-refractivity contribution in [3.05, 3.63) is 53.1 Å². The summed E-state index contributed by atoms with van der Waals surface area (Å²) in [5.74, 6) is 1.21. The fourth-order valence-electron chi connectivity index (χ4n) is 2.58. The Morgan fingerprint density at radius 3 is 2.21 bits per heavy atom. The highest BCUT2D eigenvalue weighted by molar-refractivity contribution is 5.79. The second kappa shape index (κ2) is 10.3. The van der Waals surface area contributed by atoms with Gasteiger partial charge in [-0.1, -0.05) is 0 Å². The third-order valence-electron chi connectivity index (χ3n) is 3.99. The number of rotatable bonds is 8. The van der Waals surface area contributed by atoms with Crippen molar-refractivity contribution in [2.75, 3.05) is 27.9 Å². The maximum atomic E-state index is 13.8. The zero-order valence-electron chi connectivity index (χ0n) is 16.4. The fraction of sp³-hybridized carbons (Fsp3) is 0.350. The third kappa shape index (κ3) is 5.48. The molecular formula is C20H25F2N3O3. The first kappa shape index (κ1) is 21.3. The summed E-state index contributed by atoms with van der Waals surface area (Å²) in [5, 5.41) is 6.07. The first-order chi connectivity index (χ1) is 13.5. The maximum absolute atomic E-state index is 13.8. The third-order valence-corrected chi connectivity index (χ3v) is 3.99. The van der Waals surface area contributed by atoms with Gasteiger partial charge in [-0.25, -0.2) is 13.8 Å². The van der Waals surface area contributed by atoms with Gasteiger partial charge in [0.2, 0.25) is 0 Å². The molecule has 0 saturated carbocycles. The molecule has 0 spiro atoms. The van der Waals surface area contributed by atoms with Gasteiger partial charge in [0, 0.05) is 30.3 Å². The number of ether oxygens (including phenoxy) is 3. The Balaban J connectivity index is 2.19. The minimum atomic E-state index is -0.491. The lowest BCUT2D eigenvalue weighted by Crippen LogP contribution is -2.37. The molecule has 0 radical (unpaired) electrons. The van der Waals surface area contributed by atoms with Gasteiger partial charge in [0.15, 0.2) is 17.5 Å². The largest absolute Gasteiger partial charge is 0.496 e. The molecule has 0 saturated heterocycles. The van der Waals surface area contributed by atoms with Crippen LogP contribution < -0.4 is 24.8 Å². The highest BCUT2D eigenvalue weighted by atomic mass is 19.1. The average Bonchev–Trinajstić information content (AvgIpc) is 2.71. The van der Waals surface area contributed by atoms with Crippen LogP contribution in [-0.2, 0) is 13.1 Å². The molecule has 0 atom stereocenters. The minimum Gasteiger partial charge on any atom is -0.496 e. The standard InChI is InChI=1S/C20H25F2N3O3/c1-5-23-20(24-11-13-8-15(21)6-7-16(13)22)25-12-14-9-18(27-3)19(28-4)10-17(14)26-2/h6-10H,5,11-12H2,1-4H3,(H2,23,24,25). The number of nitrogens with one attached hydrogen (secondary N) is 2. The number of aliphatic imine (C=N–C) groups is 1. The van der Waals surface area contributed by atoms with E-state index in [-0.39, 0.29) is 18.7 Å². The van der Waals surface area contributed by atoms with E-state index in [4.69, 9.17) is 14.2 Å². The Hall–Kier alpha value is -3.03. The van der Waals surface area contributed by atoms with Gasteiger partial charge in [-0.2, -0.15) is 0 Å². The van der Waals surface area contributed by atoms with Gasteiger partial charge < -0.3 is 24.8 Å². The predicted octanol–water partition coefficient (Wildman–Crippen LogP) is 3.25. The molecule has 0 unspecified atom stereocenters. The van der Waals surface area contributed by atoms with E-state index in [2.05, 4.69) is 15.6 Å². The number of guanidine groups is 1. The topological polar surface area (TPSA) is 64.1 Å². The van der Waals surface area contributed by atoms with E-state index in [9.17, 15) is 8.78 Å². The molecule has 2 aromatic rings. The van der Waals surface area contributed by atoms with Gasteiger partial charge >= 0.3 is 0 Å². The van der Waals surface area contributed by atoms with Crippen molar-refractivity contribution in [2.45, 2.75) is 20.0 Å². The van der Waals surface area contributed by atoms with Crippen LogP contribution in [0.5, 0.6) is 17.2 Å².